The molecule has 0 aliphatic rings. The Labute approximate surface area is 118 Å². The SMILES string of the molecule is Cn1ncc(NC(=O)CCn2cc(Cl)cn2)c1C(=O)O. The van der Waals surface area contributed by atoms with E-state index in [-0.39, 0.29) is 23.7 Å². The van der Waals surface area contributed by atoms with Crippen molar-refractivity contribution in [2.75, 3.05) is 5.32 Å². The Morgan fingerprint density at radius 1 is 1.40 bits per heavy atom. The summed E-state index contributed by atoms with van der Waals surface area (Å²) in [6, 6.07) is 0. The highest BCUT2D eigenvalue weighted by Crippen LogP contribution is 2.14. The molecule has 0 bridgehead atoms. The minimum absolute atomic E-state index is 0.0690. The van der Waals surface area contributed by atoms with E-state index in [1.807, 2.05) is 0 Å². The van der Waals surface area contributed by atoms with Crippen LogP contribution in [-0.2, 0) is 18.4 Å². The highest BCUT2D eigenvalue weighted by molar-refractivity contribution is 6.30. The van der Waals surface area contributed by atoms with Gasteiger partial charge in [-0.2, -0.15) is 10.2 Å². The largest absolute Gasteiger partial charge is 0.476 e. The lowest BCUT2D eigenvalue weighted by molar-refractivity contribution is -0.116. The molecule has 0 fully saturated rings. The number of anilines is 1. The fourth-order valence-corrected chi connectivity index (χ4v) is 1.83. The standard InChI is InChI=1S/C11H12ClN5O3/c1-16-10(11(19)20)8(5-13-16)15-9(18)2-3-17-6-7(12)4-14-17/h4-6H,2-3H2,1H3,(H,15,18)(H,19,20). The fraction of sp³-hybridized carbons (Fsp3) is 0.273. The number of aromatic nitrogens is 4. The van der Waals surface area contributed by atoms with Crippen LogP contribution in [0.2, 0.25) is 5.02 Å². The van der Waals surface area contributed by atoms with Gasteiger partial charge in [-0.1, -0.05) is 11.6 Å². The van der Waals surface area contributed by atoms with E-state index in [9.17, 15) is 9.59 Å². The first kappa shape index (κ1) is 14.1. The van der Waals surface area contributed by atoms with Gasteiger partial charge in [-0.3, -0.25) is 14.2 Å². The van der Waals surface area contributed by atoms with Gasteiger partial charge in [-0.15, -0.1) is 0 Å². The Bertz CT molecular complexity index is 648. The third-order valence-corrected chi connectivity index (χ3v) is 2.78. The van der Waals surface area contributed by atoms with Gasteiger partial charge in [-0.05, 0) is 0 Å². The lowest BCUT2D eigenvalue weighted by atomic mass is 10.3. The number of halogens is 1. The van der Waals surface area contributed by atoms with Crippen molar-refractivity contribution in [1.29, 1.82) is 0 Å². The Morgan fingerprint density at radius 3 is 2.75 bits per heavy atom. The smallest absolute Gasteiger partial charge is 0.356 e. The second-order valence-corrected chi connectivity index (χ2v) is 4.49. The third kappa shape index (κ3) is 3.15. The van der Waals surface area contributed by atoms with Crippen molar-refractivity contribution in [2.45, 2.75) is 13.0 Å². The molecule has 0 aliphatic carbocycles. The summed E-state index contributed by atoms with van der Waals surface area (Å²) in [6.45, 7) is 0.348. The van der Waals surface area contributed by atoms with Crippen LogP contribution in [0.1, 0.15) is 16.9 Å². The molecular weight excluding hydrogens is 286 g/mol. The molecule has 0 atom stereocenters. The van der Waals surface area contributed by atoms with E-state index in [2.05, 4.69) is 15.5 Å². The van der Waals surface area contributed by atoms with Crippen molar-refractivity contribution >= 4 is 29.2 Å². The fourth-order valence-electron chi connectivity index (χ4n) is 1.67. The van der Waals surface area contributed by atoms with Gasteiger partial charge in [0.2, 0.25) is 5.91 Å². The number of carbonyl (C=O) groups excluding carboxylic acids is 1. The van der Waals surface area contributed by atoms with E-state index in [1.165, 1.54) is 28.8 Å². The zero-order valence-corrected chi connectivity index (χ0v) is 11.3. The summed E-state index contributed by atoms with van der Waals surface area (Å²) in [5.74, 6) is -1.48. The zero-order valence-electron chi connectivity index (χ0n) is 10.6. The molecule has 106 valence electrons. The van der Waals surface area contributed by atoms with Crippen LogP contribution >= 0.6 is 11.6 Å². The number of hydrogen-bond acceptors (Lipinski definition) is 4. The Hall–Kier alpha value is -2.35. The van der Waals surface area contributed by atoms with E-state index in [0.29, 0.717) is 11.6 Å². The average Bonchev–Trinajstić information content (AvgIpc) is 2.93. The lowest BCUT2D eigenvalue weighted by Crippen LogP contribution is -2.17. The molecule has 0 unspecified atom stereocenters. The van der Waals surface area contributed by atoms with Crippen molar-refractivity contribution in [1.82, 2.24) is 19.6 Å². The molecule has 2 rings (SSSR count). The van der Waals surface area contributed by atoms with Crippen LogP contribution in [-0.4, -0.2) is 36.5 Å². The molecule has 0 aromatic carbocycles. The summed E-state index contributed by atoms with van der Waals surface area (Å²) in [6.07, 6.45) is 4.52. The summed E-state index contributed by atoms with van der Waals surface area (Å²) in [7, 11) is 1.49. The van der Waals surface area contributed by atoms with Crippen molar-refractivity contribution in [3.05, 3.63) is 29.3 Å². The molecule has 20 heavy (non-hydrogen) atoms. The molecule has 0 saturated carbocycles. The average molecular weight is 298 g/mol. The van der Waals surface area contributed by atoms with Crippen LogP contribution in [0.15, 0.2) is 18.6 Å². The van der Waals surface area contributed by atoms with E-state index in [4.69, 9.17) is 16.7 Å². The van der Waals surface area contributed by atoms with Gasteiger partial charge in [0.1, 0.15) is 0 Å². The number of aromatic carboxylic acids is 1. The highest BCUT2D eigenvalue weighted by Gasteiger charge is 2.17. The van der Waals surface area contributed by atoms with Crippen LogP contribution in [0, 0.1) is 0 Å². The molecule has 2 N–H and O–H groups in total. The number of carbonyl (C=O) groups is 2. The first-order valence-corrected chi connectivity index (χ1v) is 6.08. The number of nitrogens with zero attached hydrogens (tertiary/aromatic N) is 4. The van der Waals surface area contributed by atoms with Crippen molar-refractivity contribution < 1.29 is 14.7 Å². The molecule has 0 saturated heterocycles. The molecule has 9 heteroatoms. The first-order chi connectivity index (χ1) is 9.47. The predicted molar refractivity (Wildman–Crippen MR) is 70.7 cm³/mol. The van der Waals surface area contributed by atoms with Gasteiger partial charge in [0.25, 0.3) is 0 Å². The second-order valence-electron chi connectivity index (χ2n) is 4.06. The summed E-state index contributed by atoms with van der Waals surface area (Å²) >= 11 is 5.70. The van der Waals surface area contributed by atoms with Crippen molar-refractivity contribution in [3.63, 3.8) is 0 Å². The van der Waals surface area contributed by atoms with E-state index in [1.54, 1.807) is 6.20 Å². The van der Waals surface area contributed by atoms with Gasteiger partial charge in [0.15, 0.2) is 5.69 Å². The van der Waals surface area contributed by atoms with Crippen molar-refractivity contribution in [2.24, 2.45) is 7.05 Å². The van der Waals surface area contributed by atoms with Crippen LogP contribution in [0.25, 0.3) is 0 Å². The number of nitrogens with one attached hydrogen (secondary N) is 1. The van der Waals surface area contributed by atoms with E-state index >= 15 is 0 Å². The molecule has 2 heterocycles. The highest BCUT2D eigenvalue weighted by atomic mass is 35.5. The first-order valence-electron chi connectivity index (χ1n) is 5.70. The summed E-state index contributed by atoms with van der Waals surface area (Å²) in [5.41, 5.74) is 0.101. The normalized spacial score (nSPS) is 10.5. The van der Waals surface area contributed by atoms with Gasteiger partial charge < -0.3 is 10.4 Å². The second kappa shape index (κ2) is 5.74. The number of carboxylic acid groups (broad SMARTS) is 1. The third-order valence-electron chi connectivity index (χ3n) is 2.59. The minimum Gasteiger partial charge on any atom is -0.476 e. The lowest BCUT2D eigenvalue weighted by Gasteiger charge is -2.05. The van der Waals surface area contributed by atoms with Gasteiger partial charge >= 0.3 is 5.97 Å². The molecule has 0 aliphatic heterocycles. The maximum absolute atomic E-state index is 11.8. The van der Waals surface area contributed by atoms with E-state index in [0.717, 1.165) is 0 Å². The number of carboxylic acids is 1. The molecule has 0 spiro atoms. The maximum Gasteiger partial charge on any atom is 0.356 e. The minimum atomic E-state index is -1.15. The summed E-state index contributed by atoms with van der Waals surface area (Å²) in [4.78, 5) is 22.8. The van der Waals surface area contributed by atoms with Crippen molar-refractivity contribution in [3.8, 4) is 0 Å². The summed E-state index contributed by atoms with van der Waals surface area (Å²) < 4.78 is 2.72. The topological polar surface area (TPSA) is 102 Å². The van der Waals surface area contributed by atoms with E-state index < -0.39 is 5.97 Å². The van der Waals surface area contributed by atoms with Crippen LogP contribution in [0.5, 0.6) is 0 Å². The Balaban J connectivity index is 1.96. The molecule has 2 aromatic heterocycles. The number of aryl methyl sites for hydroxylation is 2. The molecular formula is C11H12ClN5O3. The number of rotatable bonds is 5. The van der Waals surface area contributed by atoms with Crippen LogP contribution in [0.3, 0.4) is 0 Å². The molecule has 8 nitrogen and oxygen atoms in total. The number of hydrogen-bond donors (Lipinski definition) is 2. The summed E-state index contributed by atoms with van der Waals surface area (Å²) in [5, 5.41) is 19.8. The van der Waals surface area contributed by atoms with Crippen LogP contribution in [0.4, 0.5) is 5.69 Å². The predicted octanol–water partition coefficient (Wildman–Crippen LogP) is 0.997. The Kier molecular flexibility index (Phi) is 4.04. The van der Waals surface area contributed by atoms with Gasteiger partial charge in [0.05, 0.1) is 23.1 Å². The van der Waals surface area contributed by atoms with Gasteiger partial charge in [-0.25, -0.2) is 4.79 Å². The number of amides is 1. The molecule has 0 radical (unpaired) electrons. The maximum atomic E-state index is 11.8. The van der Waals surface area contributed by atoms with Gasteiger partial charge in [0, 0.05) is 26.2 Å². The quantitative estimate of drug-likeness (QED) is 0.857. The monoisotopic (exact) mass is 297 g/mol. The van der Waals surface area contributed by atoms with Crippen LogP contribution < -0.4 is 5.32 Å². The molecule has 1 amide bonds. The Morgan fingerprint density at radius 2 is 2.15 bits per heavy atom. The molecule has 2 aromatic rings. The zero-order chi connectivity index (χ0) is 14.7.